The van der Waals surface area contributed by atoms with Crippen molar-refractivity contribution in [2.24, 2.45) is 0 Å². The second-order valence-corrected chi connectivity index (χ2v) is 5.05. The Hall–Kier alpha value is -2.97. The van der Waals surface area contributed by atoms with E-state index in [1.54, 1.807) is 13.8 Å². The van der Waals surface area contributed by atoms with Crippen LogP contribution >= 0.6 is 0 Å². The third-order valence-electron chi connectivity index (χ3n) is 3.51. The fraction of sp³-hybridized carbons (Fsp3) is 0.188. The third kappa shape index (κ3) is 3.44. The summed E-state index contributed by atoms with van der Waals surface area (Å²) in [6.45, 7) is 1.74. The van der Waals surface area contributed by atoms with Crippen LogP contribution in [0.2, 0.25) is 0 Å². The van der Waals surface area contributed by atoms with Gasteiger partial charge in [-0.3, -0.25) is 9.59 Å². The maximum absolute atomic E-state index is 14.3. The molecule has 0 aliphatic carbocycles. The van der Waals surface area contributed by atoms with Gasteiger partial charge >= 0.3 is 0 Å². The summed E-state index contributed by atoms with van der Waals surface area (Å²) in [4.78, 5) is 27.7. The lowest BCUT2D eigenvalue weighted by Gasteiger charge is -2.12. The minimum atomic E-state index is -1.75. The number of alkyl halides is 2. The molecule has 0 spiro atoms. The summed E-state index contributed by atoms with van der Waals surface area (Å²) in [5, 5.41) is 0. The van der Waals surface area contributed by atoms with Crippen LogP contribution in [0.1, 0.15) is 11.1 Å². The van der Waals surface area contributed by atoms with E-state index in [0.717, 1.165) is 22.4 Å². The highest BCUT2D eigenvalue weighted by Crippen LogP contribution is 2.18. The van der Waals surface area contributed by atoms with E-state index in [1.165, 1.54) is 12.1 Å². The lowest BCUT2D eigenvalue weighted by atomic mass is 10.1. The number of aryl methyl sites for hydroxylation is 2. The fourth-order valence-electron chi connectivity index (χ4n) is 2.25. The zero-order chi connectivity index (χ0) is 18.7. The van der Waals surface area contributed by atoms with Crippen LogP contribution < -0.4 is 11.1 Å². The lowest BCUT2D eigenvalue weighted by molar-refractivity contribution is 0.295. The molecule has 0 saturated heterocycles. The van der Waals surface area contributed by atoms with Gasteiger partial charge in [-0.15, -0.1) is 0 Å². The largest absolute Gasteiger partial charge is 0.269 e. The average Bonchev–Trinajstić information content (AvgIpc) is 2.52. The first-order valence-corrected chi connectivity index (χ1v) is 7.00. The number of halogens is 4. The Kier molecular flexibility index (Phi) is 5.35. The predicted molar refractivity (Wildman–Crippen MR) is 83.5 cm³/mol. The van der Waals surface area contributed by atoms with Crippen LogP contribution in [0.15, 0.2) is 40.1 Å². The van der Waals surface area contributed by atoms with E-state index in [9.17, 15) is 27.2 Å². The molecule has 9 heteroatoms. The molecule has 5 nitrogen and oxygen atoms in total. The van der Waals surface area contributed by atoms with Crippen molar-refractivity contribution in [1.82, 2.24) is 14.0 Å². The van der Waals surface area contributed by atoms with E-state index in [0.29, 0.717) is 16.0 Å². The monoisotopic (exact) mass is 355 g/mol. The zero-order valence-corrected chi connectivity index (χ0v) is 13.3. The van der Waals surface area contributed by atoms with Crippen molar-refractivity contribution in [3.05, 3.63) is 74.1 Å². The molecule has 0 unspecified atom stereocenters. The van der Waals surface area contributed by atoms with Gasteiger partial charge in [0, 0.05) is 12.3 Å². The summed E-state index contributed by atoms with van der Waals surface area (Å²) in [6.07, 6.45) is 1.14. The Balaban J connectivity index is 0.000000701. The van der Waals surface area contributed by atoms with Gasteiger partial charge in [-0.25, -0.2) is 27.1 Å². The van der Waals surface area contributed by atoms with E-state index < -0.39 is 29.8 Å². The van der Waals surface area contributed by atoms with E-state index in [4.69, 9.17) is 0 Å². The van der Waals surface area contributed by atoms with Gasteiger partial charge < -0.3 is 0 Å². The van der Waals surface area contributed by atoms with E-state index in [1.807, 2.05) is 0 Å². The standard InChI is InChI=1S/C15H11F2N3O2.CH2F2/c1-8-5-10(16)11(6-9(8)2)19-14(22)7-12(17)20-13(21)3-4-18-15(19)20;2-1-3/h3-7H,1-2H3;1H2. The Morgan fingerprint density at radius 3 is 2.24 bits per heavy atom. The maximum atomic E-state index is 14.3. The molecule has 2 heterocycles. The van der Waals surface area contributed by atoms with Crippen LogP contribution in [0.4, 0.5) is 17.6 Å². The number of fused-ring (bicyclic) bond motifs is 1. The molecule has 0 fully saturated rings. The minimum Gasteiger partial charge on any atom is -0.269 e. The molecule has 25 heavy (non-hydrogen) atoms. The van der Waals surface area contributed by atoms with E-state index in [-0.39, 0.29) is 11.5 Å². The molecule has 3 rings (SSSR count). The van der Waals surface area contributed by atoms with Crippen molar-refractivity contribution < 1.29 is 17.6 Å². The quantitative estimate of drug-likeness (QED) is 0.498. The molecule has 0 aliphatic rings. The first kappa shape index (κ1) is 18.4. The molecule has 0 aliphatic heterocycles. The molecule has 0 saturated carbocycles. The van der Waals surface area contributed by atoms with Gasteiger partial charge in [-0.1, -0.05) is 0 Å². The molecule has 0 atom stereocenters. The van der Waals surface area contributed by atoms with Crippen LogP contribution in [-0.4, -0.2) is 20.9 Å². The normalized spacial score (nSPS) is 10.5. The molecule has 1 aromatic carbocycles. The number of hydrogen-bond acceptors (Lipinski definition) is 3. The van der Waals surface area contributed by atoms with Crippen LogP contribution in [-0.2, 0) is 0 Å². The minimum absolute atomic E-state index is 0.0799. The predicted octanol–water partition coefficient (Wildman–Crippen LogP) is 2.62. The van der Waals surface area contributed by atoms with Gasteiger partial charge in [-0.05, 0) is 37.1 Å². The highest BCUT2D eigenvalue weighted by molar-refractivity contribution is 5.47. The maximum Gasteiger partial charge on any atom is 0.262 e. The third-order valence-corrected chi connectivity index (χ3v) is 3.51. The van der Waals surface area contributed by atoms with Crippen LogP contribution in [0.25, 0.3) is 11.5 Å². The van der Waals surface area contributed by atoms with E-state index >= 15 is 0 Å². The zero-order valence-electron chi connectivity index (χ0n) is 13.3. The van der Waals surface area contributed by atoms with Gasteiger partial charge in [0.05, 0.1) is 11.8 Å². The molecule has 0 N–H and O–H groups in total. The Bertz CT molecular complexity index is 1040. The summed E-state index contributed by atoms with van der Waals surface area (Å²) in [6, 6.07) is 4.42. The molecule has 132 valence electrons. The Morgan fingerprint density at radius 2 is 1.60 bits per heavy atom. The van der Waals surface area contributed by atoms with Crippen molar-refractivity contribution in [2.75, 3.05) is 6.93 Å². The highest BCUT2D eigenvalue weighted by Gasteiger charge is 2.16. The first-order valence-electron chi connectivity index (χ1n) is 7.00. The molecule has 2 aromatic heterocycles. The topological polar surface area (TPSA) is 56.4 Å². The molecule has 0 radical (unpaired) electrons. The summed E-state index contributed by atoms with van der Waals surface area (Å²) < 4.78 is 48.9. The molecule has 0 amide bonds. The van der Waals surface area contributed by atoms with Gasteiger partial charge in [0.25, 0.3) is 11.1 Å². The van der Waals surface area contributed by atoms with Crippen molar-refractivity contribution in [3.8, 4) is 5.69 Å². The number of hydrogen-bond donors (Lipinski definition) is 0. The van der Waals surface area contributed by atoms with E-state index in [2.05, 4.69) is 4.98 Å². The van der Waals surface area contributed by atoms with Crippen molar-refractivity contribution in [1.29, 1.82) is 0 Å². The number of rotatable bonds is 1. The summed E-state index contributed by atoms with van der Waals surface area (Å²) in [5.41, 5.74) is -0.114. The Labute approximate surface area is 138 Å². The molecule has 0 bridgehead atoms. The lowest BCUT2D eigenvalue weighted by Crippen LogP contribution is -2.28. The fourth-order valence-corrected chi connectivity index (χ4v) is 2.25. The Morgan fingerprint density at radius 1 is 1.00 bits per heavy atom. The average molecular weight is 355 g/mol. The van der Waals surface area contributed by atoms with Crippen LogP contribution in [0.3, 0.4) is 0 Å². The highest BCUT2D eigenvalue weighted by atomic mass is 19.3. The van der Waals surface area contributed by atoms with Gasteiger partial charge in [0.1, 0.15) is 5.82 Å². The van der Waals surface area contributed by atoms with Gasteiger partial charge in [0.15, 0.2) is 0 Å². The second kappa shape index (κ2) is 7.29. The number of benzene rings is 1. The van der Waals surface area contributed by atoms with Crippen molar-refractivity contribution in [2.45, 2.75) is 13.8 Å². The number of aromatic nitrogens is 3. The summed E-state index contributed by atoms with van der Waals surface area (Å²) in [7, 11) is 0. The second-order valence-electron chi connectivity index (χ2n) is 5.05. The van der Waals surface area contributed by atoms with Gasteiger partial charge in [0.2, 0.25) is 18.7 Å². The SMILES string of the molecule is Cc1cc(F)c(-n2c(=O)cc(F)n3c(=O)ccnc23)cc1C.FCF. The van der Waals surface area contributed by atoms with Crippen molar-refractivity contribution in [3.63, 3.8) is 0 Å². The van der Waals surface area contributed by atoms with Crippen molar-refractivity contribution >= 4 is 5.78 Å². The summed E-state index contributed by atoms with van der Waals surface area (Å²) >= 11 is 0. The molecular weight excluding hydrogens is 342 g/mol. The molecular formula is C16H13F4N3O2. The first-order chi connectivity index (χ1) is 11.8. The van der Waals surface area contributed by atoms with Crippen LogP contribution in [0.5, 0.6) is 0 Å². The number of nitrogens with zero attached hydrogens (tertiary/aromatic N) is 3. The summed E-state index contributed by atoms with van der Waals surface area (Å²) in [5.74, 6) is -1.98. The molecule has 3 aromatic rings. The van der Waals surface area contributed by atoms with Gasteiger partial charge in [-0.2, -0.15) is 4.39 Å². The smallest absolute Gasteiger partial charge is 0.262 e. The van der Waals surface area contributed by atoms with Crippen LogP contribution in [0, 0.1) is 25.6 Å².